The maximum atomic E-state index is 12.9. The van der Waals surface area contributed by atoms with Crippen molar-refractivity contribution in [1.82, 2.24) is 9.88 Å². The monoisotopic (exact) mass is 467 g/mol. The number of nitrogens with two attached hydrogens (primary N) is 1. The van der Waals surface area contributed by atoms with Gasteiger partial charge in [-0.1, -0.05) is 18.2 Å². The van der Waals surface area contributed by atoms with E-state index in [1.165, 1.54) is 21.6 Å². The number of likely N-dealkylation sites (tertiary alicyclic amines) is 1. The Labute approximate surface area is 194 Å². The summed E-state index contributed by atoms with van der Waals surface area (Å²) in [5.41, 5.74) is 5.47. The largest absolute Gasteiger partial charge is 0.481 e. The first-order chi connectivity index (χ1) is 15.6. The minimum atomic E-state index is -3.68. The van der Waals surface area contributed by atoms with E-state index in [1.807, 2.05) is 24.3 Å². The fraction of sp³-hybridized carbons (Fsp3) is 0.360. The summed E-state index contributed by atoms with van der Waals surface area (Å²) in [6, 6.07) is 13.9. The fourth-order valence-corrected chi connectivity index (χ4v) is 5.46. The lowest BCUT2D eigenvalue weighted by Crippen LogP contribution is -2.50. The Bertz CT molecular complexity index is 1290. The Kier molecular flexibility index (Phi) is 6.41. The zero-order chi connectivity index (χ0) is 23.8. The molecule has 4 rings (SSSR count). The molecule has 1 aliphatic rings. The molecule has 174 valence electrons. The van der Waals surface area contributed by atoms with Crippen LogP contribution in [0.2, 0.25) is 0 Å². The molecule has 0 bridgehead atoms. The number of hydrogen-bond donors (Lipinski definition) is 1. The SMILES string of the molecule is Cc1cccc(C)c1-c1ccnc2cc(OC(C)C(=O)N3CCC[C@@H](S(N)(=O)=O)C3)ccc12. The van der Waals surface area contributed by atoms with Gasteiger partial charge in [0, 0.05) is 30.7 Å². The van der Waals surface area contributed by atoms with E-state index in [1.54, 1.807) is 13.1 Å². The number of piperidine rings is 1. The van der Waals surface area contributed by atoms with Crippen LogP contribution in [0.3, 0.4) is 0 Å². The molecule has 1 saturated heterocycles. The third-order valence-electron chi connectivity index (χ3n) is 6.28. The molecule has 0 spiro atoms. The zero-order valence-electron chi connectivity index (χ0n) is 19.1. The highest BCUT2D eigenvalue weighted by atomic mass is 32.2. The summed E-state index contributed by atoms with van der Waals surface area (Å²) in [6.07, 6.45) is 2.09. The molecule has 33 heavy (non-hydrogen) atoms. The number of rotatable bonds is 5. The van der Waals surface area contributed by atoms with Crippen molar-refractivity contribution in [3.05, 3.63) is 59.8 Å². The van der Waals surface area contributed by atoms with E-state index in [2.05, 4.69) is 37.0 Å². The molecule has 0 radical (unpaired) electrons. The number of aryl methyl sites for hydroxylation is 2. The van der Waals surface area contributed by atoms with Crippen LogP contribution in [-0.2, 0) is 14.8 Å². The number of pyridine rings is 1. The minimum absolute atomic E-state index is 0.101. The van der Waals surface area contributed by atoms with Crippen LogP contribution < -0.4 is 9.88 Å². The van der Waals surface area contributed by atoms with E-state index in [-0.39, 0.29) is 12.5 Å². The molecular formula is C25H29N3O4S. The molecular weight excluding hydrogens is 438 g/mol. The van der Waals surface area contributed by atoms with Crippen molar-refractivity contribution in [3.63, 3.8) is 0 Å². The summed E-state index contributed by atoms with van der Waals surface area (Å²) in [7, 11) is -3.68. The molecule has 2 atom stereocenters. The Hall–Kier alpha value is -2.97. The molecule has 3 aromatic rings. The van der Waals surface area contributed by atoms with Gasteiger partial charge in [0.25, 0.3) is 5.91 Å². The van der Waals surface area contributed by atoms with Crippen LogP contribution >= 0.6 is 0 Å². The first kappa shape index (κ1) is 23.2. The van der Waals surface area contributed by atoms with Gasteiger partial charge in [0.1, 0.15) is 5.75 Å². The van der Waals surface area contributed by atoms with Gasteiger partial charge in [-0.2, -0.15) is 0 Å². The van der Waals surface area contributed by atoms with Crippen molar-refractivity contribution in [2.45, 2.75) is 45.0 Å². The number of sulfonamides is 1. The molecule has 1 amide bonds. The average molecular weight is 468 g/mol. The van der Waals surface area contributed by atoms with Crippen molar-refractivity contribution >= 4 is 26.8 Å². The summed E-state index contributed by atoms with van der Waals surface area (Å²) in [5, 5.41) is 5.58. The molecule has 0 saturated carbocycles. The van der Waals surface area contributed by atoms with E-state index in [9.17, 15) is 13.2 Å². The second-order valence-electron chi connectivity index (χ2n) is 8.70. The van der Waals surface area contributed by atoms with Crippen molar-refractivity contribution in [2.24, 2.45) is 5.14 Å². The Morgan fingerprint density at radius 2 is 1.91 bits per heavy atom. The number of benzene rings is 2. The number of amides is 1. The van der Waals surface area contributed by atoms with Gasteiger partial charge in [0.05, 0.1) is 10.8 Å². The van der Waals surface area contributed by atoms with Gasteiger partial charge in [-0.3, -0.25) is 9.78 Å². The summed E-state index contributed by atoms with van der Waals surface area (Å²) in [4.78, 5) is 18.9. The van der Waals surface area contributed by atoms with Crippen LogP contribution in [0.4, 0.5) is 0 Å². The van der Waals surface area contributed by atoms with Gasteiger partial charge >= 0.3 is 0 Å². The molecule has 1 aromatic heterocycles. The first-order valence-corrected chi connectivity index (χ1v) is 12.7. The second-order valence-corrected chi connectivity index (χ2v) is 10.5. The highest BCUT2D eigenvalue weighted by Crippen LogP contribution is 2.34. The molecule has 2 N–H and O–H groups in total. The summed E-state index contributed by atoms with van der Waals surface area (Å²) >= 11 is 0. The normalized spacial score (nSPS) is 17.7. The van der Waals surface area contributed by atoms with Crippen LogP contribution in [0.15, 0.2) is 48.7 Å². The number of carbonyl (C=O) groups is 1. The Balaban J connectivity index is 1.56. The van der Waals surface area contributed by atoms with E-state index in [0.717, 1.165) is 16.5 Å². The number of primary sulfonamides is 1. The van der Waals surface area contributed by atoms with Crippen LogP contribution in [0.1, 0.15) is 30.9 Å². The topological polar surface area (TPSA) is 103 Å². The molecule has 1 fully saturated rings. The van der Waals surface area contributed by atoms with Gasteiger partial charge in [-0.05, 0) is 74.1 Å². The number of aromatic nitrogens is 1. The van der Waals surface area contributed by atoms with Crippen molar-refractivity contribution < 1.29 is 17.9 Å². The van der Waals surface area contributed by atoms with Crippen molar-refractivity contribution in [3.8, 4) is 16.9 Å². The minimum Gasteiger partial charge on any atom is -0.481 e. The van der Waals surface area contributed by atoms with Crippen molar-refractivity contribution in [1.29, 1.82) is 0 Å². The molecule has 1 aliphatic heterocycles. The van der Waals surface area contributed by atoms with E-state index < -0.39 is 21.4 Å². The molecule has 7 nitrogen and oxygen atoms in total. The lowest BCUT2D eigenvalue weighted by Gasteiger charge is -2.33. The van der Waals surface area contributed by atoms with E-state index in [4.69, 9.17) is 9.88 Å². The molecule has 0 aliphatic carbocycles. The first-order valence-electron chi connectivity index (χ1n) is 11.1. The predicted octanol–water partition coefficient (Wildman–Crippen LogP) is 3.57. The van der Waals surface area contributed by atoms with Gasteiger partial charge < -0.3 is 9.64 Å². The second kappa shape index (κ2) is 9.11. The summed E-state index contributed by atoms with van der Waals surface area (Å²) < 4.78 is 29.4. The highest BCUT2D eigenvalue weighted by Gasteiger charge is 2.32. The smallest absolute Gasteiger partial charge is 0.263 e. The zero-order valence-corrected chi connectivity index (χ0v) is 19.9. The fourth-order valence-electron chi connectivity index (χ4n) is 4.58. The number of hydrogen-bond acceptors (Lipinski definition) is 5. The number of ether oxygens (including phenoxy) is 1. The molecule has 2 aromatic carbocycles. The van der Waals surface area contributed by atoms with Gasteiger partial charge in [-0.15, -0.1) is 0 Å². The summed E-state index contributed by atoms with van der Waals surface area (Å²) in [6.45, 7) is 6.47. The molecule has 2 heterocycles. The highest BCUT2D eigenvalue weighted by molar-refractivity contribution is 7.89. The van der Waals surface area contributed by atoms with E-state index in [0.29, 0.717) is 25.1 Å². The average Bonchev–Trinajstić information content (AvgIpc) is 2.78. The third kappa shape index (κ3) is 4.86. The number of nitrogens with zero attached hydrogens (tertiary/aromatic N) is 2. The number of carbonyl (C=O) groups excluding carboxylic acids is 1. The predicted molar refractivity (Wildman–Crippen MR) is 129 cm³/mol. The molecule has 1 unspecified atom stereocenters. The maximum absolute atomic E-state index is 12.9. The standard InChI is InChI=1S/C25H29N3O4S/c1-16-6-4-7-17(2)24(16)22-11-12-27-23-14-19(9-10-21(22)23)32-18(3)25(29)28-13-5-8-20(15-28)33(26,30)31/h4,6-7,9-12,14,18,20H,5,8,13,15H2,1-3H3,(H2,26,30,31)/t18?,20-/m1/s1. The van der Waals surface area contributed by atoms with Crippen LogP contribution in [-0.4, -0.2) is 48.7 Å². The Morgan fingerprint density at radius 1 is 1.18 bits per heavy atom. The number of fused-ring (bicyclic) bond motifs is 1. The quantitative estimate of drug-likeness (QED) is 0.618. The van der Waals surface area contributed by atoms with Crippen molar-refractivity contribution in [2.75, 3.05) is 13.1 Å². The third-order valence-corrected chi connectivity index (χ3v) is 7.59. The lowest BCUT2D eigenvalue weighted by atomic mass is 9.93. The van der Waals surface area contributed by atoms with Gasteiger partial charge in [0.15, 0.2) is 6.10 Å². The van der Waals surface area contributed by atoms with Crippen LogP contribution in [0, 0.1) is 13.8 Å². The molecule has 8 heteroatoms. The summed E-state index contributed by atoms with van der Waals surface area (Å²) in [5.74, 6) is 0.287. The maximum Gasteiger partial charge on any atom is 0.263 e. The van der Waals surface area contributed by atoms with Crippen LogP contribution in [0.5, 0.6) is 5.75 Å². The van der Waals surface area contributed by atoms with Gasteiger partial charge in [0.2, 0.25) is 10.0 Å². The van der Waals surface area contributed by atoms with Crippen LogP contribution in [0.25, 0.3) is 22.0 Å². The Morgan fingerprint density at radius 3 is 2.61 bits per heavy atom. The lowest BCUT2D eigenvalue weighted by molar-refractivity contribution is -0.138. The van der Waals surface area contributed by atoms with Gasteiger partial charge in [-0.25, -0.2) is 13.6 Å². The van der Waals surface area contributed by atoms with E-state index >= 15 is 0 Å².